The molecule has 0 saturated heterocycles. The average Bonchev–Trinajstić information content (AvgIpc) is 2.30. The van der Waals surface area contributed by atoms with E-state index < -0.39 is 11.8 Å². The van der Waals surface area contributed by atoms with Gasteiger partial charge in [-0.25, -0.2) is 0 Å². The third kappa shape index (κ3) is 4.15. The lowest BCUT2D eigenvalue weighted by Crippen LogP contribution is -2.39. The van der Waals surface area contributed by atoms with Gasteiger partial charge in [0.2, 0.25) is 5.91 Å². The van der Waals surface area contributed by atoms with Gasteiger partial charge in [-0.2, -0.15) is 5.26 Å². The van der Waals surface area contributed by atoms with Gasteiger partial charge >= 0.3 is 0 Å². The number of rotatable bonds is 4. The number of thiocarbonyl (C=S) groups is 1. The Kier molecular flexibility index (Phi) is 5.28. The molecule has 1 rings (SSSR count). The first-order valence-corrected chi connectivity index (χ1v) is 6.01. The maximum absolute atomic E-state index is 11.9. The summed E-state index contributed by atoms with van der Waals surface area (Å²) in [6.07, 6.45) is 0. The van der Waals surface area contributed by atoms with Crippen LogP contribution in [0.5, 0.6) is 0 Å². The van der Waals surface area contributed by atoms with Gasteiger partial charge in [-0.15, -0.1) is 0 Å². The number of nitrogens with one attached hydrogen (secondary N) is 2. The predicted molar refractivity (Wildman–Crippen MR) is 75.0 cm³/mol. The third-order valence-electron chi connectivity index (χ3n) is 2.13. The Hall–Kier alpha value is -1.93. The van der Waals surface area contributed by atoms with E-state index in [0.717, 1.165) is 0 Å². The van der Waals surface area contributed by atoms with Crippen LogP contribution in [0.1, 0.15) is 13.8 Å². The van der Waals surface area contributed by atoms with Crippen molar-refractivity contribution in [3.05, 3.63) is 30.3 Å². The highest BCUT2D eigenvalue weighted by Gasteiger charge is 2.23. The quantitative estimate of drug-likeness (QED) is 0.815. The van der Waals surface area contributed by atoms with Crippen molar-refractivity contribution >= 4 is 28.8 Å². The van der Waals surface area contributed by atoms with E-state index in [9.17, 15) is 4.79 Å². The molecule has 0 aliphatic heterocycles. The Bertz CT molecular complexity index is 465. The van der Waals surface area contributed by atoms with Gasteiger partial charge in [0.25, 0.3) is 0 Å². The maximum Gasteiger partial charge on any atom is 0.248 e. The van der Waals surface area contributed by atoms with Crippen molar-refractivity contribution in [1.82, 2.24) is 5.32 Å². The molecule has 0 saturated carbocycles. The van der Waals surface area contributed by atoms with E-state index in [2.05, 4.69) is 10.6 Å². The van der Waals surface area contributed by atoms with E-state index >= 15 is 0 Å². The number of nitrogens with zero attached hydrogens (tertiary/aromatic N) is 1. The molecule has 1 atom stereocenters. The first-order chi connectivity index (χ1) is 8.54. The molecule has 1 aromatic rings. The van der Waals surface area contributed by atoms with Crippen LogP contribution in [0, 0.1) is 17.2 Å². The van der Waals surface area contributed by atoms with Gasteiger partial charge in [-0.1, -0.05) is 30.4 Å². The SMILES string of the molecule is CC(C)NC(=S)C(C#N)C(=O)Nc1ccccc1. The van der Waals surface area contributed by atoms with E-state index in [1.807, 2.05) is 38.1 Å². The second kappa shape index (κ2) is 6.72. The van der Waals surface area contributed by atoms with Crippen molar-refractivity contribution in [3.63, 3.8) is 0 Å². The molecule has 0 aliphatic carbocycles. The number of hydrogen-bond acceptors (Lipinski definition) is 3. The van der Waals surface area contributed by atoms with Crippen molar-refractivity contribution in [1.29, 1.82) is 5.26 Å². The Labute approximate surface area is 112 Å². The second-order valence-electron chi connectivity index (χ2n) is 4.08. The molecule has 4 nitrogen and oxygen atoms in total. The molecular weight excluding hydrogens is 246 g/mol. The third-order valence-corrected chi connectivity index (χ3v) is 2.48. The Morgan fingerprint density at radius 1 is 1.33 bits per heavy atom. The minimum absolute atomic E-state index is 0.0953. The molecule has 1 unspecified atom stereocenters. The number of amides is 1. The summed E-state index contributed by atoms with van der Waals surface area (Å²) in [5.74, 6) is -1.38. The van der Waals surface area contributed by atoms with Crippen molar-refractivity contribution in [3.8, 4) is 6.07 Å². The lowest BCUT2D eigenvalue weighted by Gasteiger charge is -2.15. The second-order valence-corrected chi connectivity index (χ2v) is 4.52. The van der Waals surface area contributed by atoms with Crippen molar-refractivity contribution < 1.29 is 4.79 Å². The number of hydrogen-bond donors (Lipinski definition) is 2. The van der Waals surface area contributed by atoms with Gasteiger partial charge in [0.15, 0.2) is 5.92 Å². The summed E-state index contributed by atoms with van der Waals surface area (Å²) >= 11 is 5.05. The largest absolute Gasteiger partial charge is 0.376 e. The van der Waals surface area contributed by atoms with Crippen molar-refractivity contribution in [2.24, 2.45) is 5.92 Å². The minimum Gasteiger partial charge on any atom is -0.376 e. The zero-order valence-electron chi connectivity index (χ0n) is 10.3. The fraction of sp³-hybridized carbons (Fsp3) is 0.308. The molecule has 1 amide bonds. The van der Waals surface area contributed by atoms with Crippen molar-refractivity contribution in [2.75, 3.05) is 5.32 Å². The summed E-state index contributed by atoms with van der Waals surface area (Å²) in [5, 5.41) is 14.6. The number of nitriles is 1. The Balaban J connectivity index is 2.69. The van der Waals surface area contributed by atoms with Crippen LogP contribution in [0.4, 0.5) is 5.69 Å². The zero-order valence-corrected chi connectivity index (χ0v) is 11.1. The number of carbonyl (C=O) groups is 1. The monoisotopic (exact) mass is 261 g/mol. The van der Waals surface area contributed by atoms with E-state index in [0.29, 0.717) is 5.69 Å². The maximum atomic E-state index is 11.9. The van der Waals surface area contributed by atoms with Crippen LogP contribution in [0.15, 0.2) is 30.3 Å². The molecule has 5 heteroatoms. The van der Waals surface area contributed by atoms with E-state index in [-0.39, 0.29) is 11.0 Å². The topological polar surface area (TPSA) is 64.9 Å². The number of benzene rings is 1. The molecular formula is C13H15N3OS. The fourth-order valence-corrected chi connectivity index (χ4v) is 1.74. The van der Waals surface area contributed by atoms with Crippen LogP contribution >= 0.6 is 12.2 Å². The average molecular weight is 261 g/mol. The van der Waals surface area contributed by atoms with E-state index in [4.69, 9.17) is 17.5 Å². The molecule has 0 heterocycles. The number of carbonyl (C=O) groups excluding carboxylic acids is 1. The van der Waals surface area contributed by atoms with Gasteiger partial charge in [-0.05, 0) is 26.0 Å². The van der Waals surface area contributed by atoms with Gasteiger partial charge in [0.05, 0.1) is 6.07 Å². The molecule has 1 aromatic carbocycles. The Morgan fingerprint density at radius 2 is 1.94 bits per heavy atom. The molecule has 0 aromatic heterocycles. The molecule has 0 bridgehead atoms. The lowest BCUT2D eigenvalue weighted by molar-refractivity contribution is -0.116. The van der Waals surface area contributed by atoms with Gasteiger partial charge < -0.3 is 10.6 Å². The van der Waals surface area contributed by atoms with E-state index in [1.165, 1.54) is 0 Å². The van der Waals surface area contributed by atoms with Gasteiger partial charge in [-0.3, -0.25) is 4.79 Å². The number of anilines is 1. The van der Waals surface area contributed by atoms with Crippen LogP contribution in [0.2, 0.25) is 0 Å². The van der Waals surface area contributed by atoms with Crippen LogP contribution in [-0.4, -0.2) is 16.9 Å². The lowest BCUT2D eigenvalue weighted by atomic mass is 10.1. The van der Waals surface area contributed by atoms with E-state index in [1.54, 1.807) is 12.1 Å². The number of para-hydroxylation sites is 1. The standard InChI is InChI=1S/C13H15N3OS/c1-9(2)15-13(18)11(8-14)12(17)16-10-6-4-3-5-7-10/h3-7,9,11H,1-2H3,(H,15,18)(H,16,17). The first kappa shape index (κ1) is 14.1. The molecule has 94 valence electrons. The highest BCUT2D eigenvalue weighted by Crippen LogP contribution is 2.08. The minimum atomic E-state index is -0.970. The van der Waals surface area contributed by atoms with Crippen molar-refractivity contribution in [2.45, 2.75) is 19.9 Å². The summed E-state index contributed by atoms with van der Waals surface area (Å²) in [7, 11) is 0. The Morgan fingerprint density at radius 3 is 2.44 bits per heavy atom. The summed E-state index contributed by atoms with van der Waals surface area (Å²) in [5.41, 5.74) is 0.648. The molecule has 0 radical (unpaired) electrons. The van der Waals surface area contributed by atoms with Crippen LogP contribution in [-0.2, 0) is 4.79 Å². The van der Waals surface area contributed by atoms with Gasteiger partial charge in [0, 0.05) is 11.7 Å². The smallest absolute Gasteiger partial charge is 0.248 e. The van der Waals surface area contributed by atoms with Crippen LogP contribution in [0.3, 0.4) is 0 Å². The van der Waals surface area contributed by atoms with Gasteiger partial charge in [0.1, 0.15) is 4.99 Å². The summed E-state index contributed by atoms with van der Waals surface area (Å²) in [6.45, 7) is 3.80. The summed E-state index contributed by atoms with van der Waals surface area (Å²) in [4.78, 5) is 12.2. The molecule has 0 aliphatic rings. The molecule has 0 spiro atoms. The fourth-order valence-electron chi connectivity index (χ4n) is 1.34. The summed E-state index contributed by atoms with van der Waals surface area (Å²) < 4.78 is 0. The zero-order chi connectivity index (χ0) is 13.5. The summed E-state index contributed by atoms with van der Waals surface area (Å²) in [6, 6.07) is 11.0. The molecule has 0 fully saturated rings. The normalized spacial score (nSPS) is 11.4. The van der Waals surface area contributed by atoms with Crippen LogP contribution in [0.25, 0.3) is 0 Å². The highest BCUT2D eigenvalue weighted by atomic mass is 32.1. The predicted octanol–water partition coefficient (Wildman–Crippen LogP) is 2.09. The first-order valence-electron chi connectivity index (χ1n) is 5.60. The molecule has 2 N–H and O–H groups in total. The highest BCUT2D eigenvalue weighted by molar-refractivity contribution is 7.80. The molecule has 18 heavy (non-hydrogen) atoms. The van der Waals surface area contributed by atoms with Crippen LogP contribution < -0.4 is 10.6 Å².